The molecule has 0 spiro atoms. The maximum absolute atomic E-state index is 12.2. The van der Waals surface area contributed by atoms with Crippen molar-refractivity contribution in [3.8, 4) is 0 Å². The van der Waals surface area contributed by atoms with E-state index in [0.717, 1.165) is 5.56 Å². The molecule has 132 valence electrons. The van der Waals surface area contributed by atoms with Crippen LogP contribution in [-0.2, 0) is 9.47 Å². The SMILES string of the molecule is COC(=O)c1ccc([C@H]2CN(C(=O)OC(C)(C)C)CC[C@H]2O)cc1. The van der Waals surface area contributed by atoms with Crippen LogP contribution in [0.4, 0.5) is 4.79 Å². The molecule has 1 heterocycles. The van der Waals surface area contributed by atoms with Crippen molar-refractivity contribution in [3.63, 3.8) is 0 Å². The number of aliphatic hydroxyl groups excluding tert-OH is 1. The molecule has 1 aromatic carbocycles. The molecule has 0 unspecified atom stereocenters. The number of carbonyl (C=O) groups is 2. The van der Waals surface area contributed by atoms with Crippen LogP contribution in [0.25, 0.3) is 0 Å². The van der Waals surface area contributed by atoms with Crippen LogP contribution in [0.15, 0.2) is 24.3 Å². The van der Waals surface area contributed by atoms with E-state index < -0.39 is 17.7 Å². The van der Waals surface area contributed by atoms with E-state index in [-0.39, 0.29) is 12.0 Å². The second-order valence-electron chi connectivity index (χ2n) is 7.00. The summed E-state index contributed by atoms with van der Waals surface area (Å²) in [5.41, 5.74) is 0.782. The number of benzene rings is 1. The molecule has 1 N–H and O–H groups in total. The summed E-state index contributed by atoms with van der Waals surface area (Å²) in [5.74, 6) is -0.612. The van der Waals surface area contributed by atoms with Gasteiger partial charge < -0.3 is 19.5 Å². The molecule has 1 aromatic rings. The van der Waals surface area contributed by atoms with E-state index in [1.165, 1.54) is 7.11 Å². The molecular weight excluding hydrogens is 310 g/mol. The molecule has 2 atom stereocenters. The summed E-state index contributed by atoms with van der Waals surface area (Å²) in [5, 5.41) is 10.3. The maximum Gasteiger partial charge on any atom is 0.410 e. The second-order valence-corrected chi connectivity index (χ2v) is 7.00. The summed E-state index contributed by atoms with van der Waals surface area (Å²) in [6, 6.07) is 6.91. The lowest BCUT2D eigenvalue weighted by Gasteiger charge is -2.37. The molecular formula is C18H25NO5. The first-order valence-corrected chi connectivity index (χ1v) is 8.05. The average Bonchev–Trinajstić information content (AvgIpc) is 2.53. The van der Waals surface area contributed by atoms with Crippen LogP contribution in [0.1, 0.15) is 49.0 Å². The van der Waals surface area contributed by atoms with Crippen LogP contribution in [0, 0.1) is 0 Å². The van der Waals surface area contributed by atoms with Gasteiger partial charge in [0.05, 0.1) is 18.8 Å². The molecule has 0 aromatic heterocycles. The molecule has 24 heavy (non-hydrogen) atoms. The Morgan fingerprint density at radius 3 is 2.38 bits per heavy atom. The summed E-state index contributed by atoms with van der Waals surface area (Å²) >= 11 is 0. The van der Waals surface area contributed by atoms with Gasteiger partial charge in [0.2, 0.25) is 0 Å². The molecule has 6 nitrogen and oxygen atoms in total. The summed E-state index contributed by atoms with van der Waals surface area (Å²) in [6.45, 7) is 6.33. The number of hydrogen-bond acceptors (Lipinski definition) is 5. The van der Waals surface area contributed by atoms with Gasteiger partial charge in [-0.3, -0.25) is 0 Å². The van der Waals surface area contributed by atoms with Gasteiger partial charge in [-0.25, -0.2) is 9.59 Å². The summed E-state index contributed by atoms with van der Waals surface area (Å²) < 4.78 is 10.1. The van der Waals surface area contributed by atoms with Crippen LogP contribution in [0.5, 0.6) is 0 Å². The number of ether oxygens (including phenoxy) is 2. The number of rotatable bonds is 2. The lowest BCUT2D eigenvalue weighted by Crippen LogP contribution is -2.46. The zero-order chi connectivity index (χ0) is 17.9. The molecule has 0 radical (unpaired) electrons. The Morgan fingerprint density at radius 2 is 1.83 bits per heavy atom. The number of esters is 1. The minimum absolute atomic E-state index is 0.210. The van der Waals surface area contributed by atoms with E-state index in [2.05, 4.69) is 4.74 Å². The van der Waals surface area contributed by atoms with Gasteiger partial charge in [0.1, 0.15) is 5.60 Å². The van der Waals surface area contributed by atoms with E-state index in [4.69, 9.17) is 4.74 Å². The highest BCUT2D eigenvalue weighted by molar-refractivity contribution is 5.89. The number of amides is 1. The first-order valence-electron chi connectivity index (χ1n) is 8.05. The number of aliphatic hydroxyl groups is 1. The van der Waals surface area contributed by atoms with Crippen LogP contribution in [0.2, 0.25) is 0 Å². The molecule has 1 aliphatic rings. The van der Waals surface area contributed by atoms with Gasteiger partial charge in [-0.15, -0.1) is 0 Å². The largest absolute Gasteiger partial charge is 0.465 e. The molecule has 1 fully saturated rings. The molecule has 0 saturated carbocycles. The number of methoxy groups -OCH3 is 1. The molecule has 1 amide bonds. The number of piperidine rings is 1. The quantitative estimate of drug-likeness (QED) is 0.841. The van der Waals surface area contributed by atoms with Gasteiger partial charge in [0.25, 0.3) is 0 Å². The lowest BCUT2D eigenvalue weighted by molar-refractivity contribution is 0.00407. The van der Waals surface area contributed by atoms with Crippen molar-refractivity contribution in [1.29, 1.82) is 0 Å². The highest BCUT2D eigenvalue weighted by Crippen LogP contribution is 2.28. The van der Waals surface area contributed by atoms with Crippen LogP contribution in [0.3, 0.4) is 0 Å². The fraction of sp³-hybridized carbons (Fsp3) is 0.556. The Hall–Kier alpha value is -2.08. The highest BCUT2D eigenvalue weighted by Gasteiger charge is 2.33. The molecule has 0 aliphatic carbocycles. The molecule has 6 heteroatoms. The minimum atomic E-state index is -0.551. The van der Waals surface area contributed by atoms with Gasteiger partial charge in [-0.1, -0.05) is 12.1 Å². The number of nitrogens with zero attached hydrogens (tertiary/aromatic N) is 1. The van der Waals surface area contributed by atoms with Crippen LogP contribution < -0.4 is 0 Å². The van der Waals surface area contributed by atoms with Crippen molar-refractivity contribution in [2.45, 2.75) is 44.8 Å². The Kier molecular flexibility index (Phi) is 5.49. The lowest BCUT2D eigenvalue weighted by atomic mass is 9.88. The first-order chi connectivity index (χ1) is 11.2. The predicted molar refractivity (Wildman–Crippen MR) is 89.0 cm³/mol. The van der Waals surface area contributed by atoms with E-state index in [1.54, 1.807) is 29.2 Å². The summed E-state index contributed by atoms with van der Waals surface area (Å²) in [7, 11) is 1.33. The summed E-state index contributed by atoms with van der Waals surface area (Å²) in [4.78, 5) is 25.4. The Bertz CT molecular complexity index is 590. The van der Waals surface area contributed by atoms with E-state index in [0.29, 0.717) is 25.1 Å². The summed E-state index contributed by atoms with van der Waals surface area (Å²) in [6.07, 6.45) is -0.416. The van der Waals surface area contributed by atoms with E-state index in [9.17, 15) is 14.7 Å². The number of likely N-dealkylation sites (tertiary alicyclic amines) is 1. The van der Waals surface area contributed by atoms with Gasteiger partial charge in [-0.2, -0.15) is 0 Å². The van der Waals surface area contributed by atoms with Gasteiger partial charge >= 0.3 is 12.1 Å². The Labute approximate surface area is 142 Å². The van der Waals surface area contributed by atoms with Crippen LogP contribution >= 0.6 is 0 Å². The third-order valence-electron chi connectivity index (χ3n) is 3.99. The van der Waals surface area contributed by atoms with Crippen molar-refractivity contribution in [2.75, 3.05) is 20.2 Å². The van der Waals surface area contributed by atoms with Crippen molar-refractivity contribution in [1.82, 2.24) is 4.90 Å². The van der Waals surface area contributed by atoms with E-state index in [1.807, 2.05) is 20.8 Å². The molecule has 2 rings (SSSR count). The topological polar surface area (TPSA) is 76.1 Å². The van der Waals surface area contributed by atoms with Crippen molar-refractivity contribution in [2.24, 2.45) is 0 Å². The normalized spacial score (nSPS) is 21.3. The highest BCUT2D eigenvalue weighted by atomic mass is 16.6. The Balaban J connectivity index is 2.11. The third kappa shape index (κ3) is 4.47. The monoisotopic (exact) mass is 335 g/mol. The average molecular weight is 335 g/mol. The molecule has 1 saturated heterocycles. The van der Waals surface area contributed by atoms with E-state index >= 15 is 0 Å². The number of hydrogen-bond donors (Lipinski definition) is 1. The molecule has 1 aliphatic heterocycles. The molecule has 0 bridgehead atoms. The predicted octanol–water partition coefficient (Wildman–Crippen LogP) is 2.56. The van der Waals surface area contributed by atoms with Crippen LogP contribution in [-0.4, -0.2) is 54.0 Å². The smallest absolute Gasteiger partial charge is 0.410 e. The van der Waals surface area contributed by atoms with Crippen molar-refractivity contribution >= 4 is 12.1 Å². The van der Waals surface area contributed by atoms with Crippen molar-refractivity contribution in [3.05, 3.63) is 35.4 Å². The van der Waals surface area contributed by atoms with Gasteiger partial charge in [0, 0.05) is 19.0 Å². The second kappa shape index (κ2) is 7.21. The van der Waals surface area contributed by atoms with Crippen molar-refractivity contribution < 1.29 is 24.2 Å². The fourth-order valence-electron chi connectivity index (χ4n) is 2.74. The maximum atomic E-state index is 12.2. The van der Waals surface area contributed by atoms with Gasteiger partial charge in [-0.05, 0) is 44.9 Å². The first kappa shape index (κ1) is 18.3. The zero-order valence-electron chi connectivity index (χ0n) is 14.6. The standard InChI is InChI=1S/C18H25NO5/c1-18(2,3)24-17(22)19-10-9-15(20)14(11-19)12-5-7-13(8-6-12)16(21)23-4/h5-8,14-15,20H,9-11H2,1-4H3/t14-,15-/m1/s1. The Morgan fingerprint density at radius 1 is 1.21 bits per heavy atom. The minimum Gasteiger partial charge on any atom is -0.465 e. The number of carbonyl (C=O) groups excluding carboxylic acids is 2. The third-order valence-corrected chi connectivity index (χ3v) is 3.99. The van der Waals surface area contributed by atoms with Gasteiger partial charge in [0.15, 0.2) is 0 Å². The zero-order valence-corrected chi connectivity index (χ0v) is 14.6. The fourth-order valence-corrected chi connectivity index (χ4v) is 2.74.